The lowest BCUT2D eigenvalue weighted by Gasteiger charge is -2.26. The number of aromatic nitrogens is 2. The molecule has 0 fully saturated rings. The van der Waals surface area contributed by atoms with E-state index in [2.05, 4.69) is 56.3 Å². The standard InChI is InChI=1S/C18H28N4S.2C2HF3O2/c1-3-20(4-2)9-6-16-11-21(12-17-7-10-23-15-17)14-18-5-8-19-22(18)13-16;2*3-2(4,5)1(6)7/h5,7-8,10,15-16H,3-4,6,9,11-14H2,1-2H3;2*(H,6,7). The molecule has 1 atom stereocenters. The maximum absolute atomic E-state index is 10.6. The summed E-state index contributed by atoms with van der Waals surface area (Å²) in [6.45, 7) is 12.3. The highest BCUT2D eigenvalue weighted by atomic mass is 32.1. The van der Waals surface area contributed by atoms with Gasteiger partial charge in [0, 0.05) is 32.4 Å². The number of alkyl halides is 6. The summed E-state index contributed by atoms with van der Waals surface area (Å²) in [6, 6.07) is 4.42. The van der Waals surface area contributed by atoms with Gasteiger partial charge in [-0.05, 0) is 60.4 Å². The molecule has 0 aliphatic carbocycles. The Kier molecular flexibility index (Phi) is 13.1. The number of rotatable bonds is 7. The first-order valence-electron chi connectivity index (χ1n) is 11.2. The van der Waals surface area contributed by atoms with Crippen LogP contribution in [0.2, 0.25) is 0 Å². The highest BCUT2D eigenvalue weighted by Gasteiger charge is 2.38. The summed E-state index contributed by atoms with van der Waals surface area (Å²) in [5.41, 5.74) is 2.79. The minimum atomic E-state index is -5.08. The number of fused-ring (bicyclic) bond motifs is 1. The summed E-state index contributed by atoms with van der Waals surface area (Å²) in [7, 11) is 0. The van der Waals surface area contributed by atoms with Crippen molar-refractivity contribution in [2.75, 3.05) is 26.2 Å². The van der Waals surface area contributed by atoms with Crippen molar-refractivity contribution in [1.29, 1.82) is 0 Å². The second-order valence-corrected chi connectivity index (χ2v) is 8.87. The molecule has 15 heteroatoms. The van der Waals surface area contributed by atoms with Gasteiger partial charge in [-0.25, -0.2) is 9.59 Å². The minimum Gasteiger partial charge on any atom is -0.475 e. The lowest BCUT2D eigenvalue weighted by molar-refractivity contribution is -0.193. The van der Waals surface area contributed by atoms with E-state index >= 15 is 0 Å². The number of nitrogens with zero attached hydrogens (tertiary/aromatic N) is 4. The number of carbonyl (C=O) groups is 2. The van der Waals surface area contributed by atoms with E-state index in [0.717, 1.165) is 32.7 Å². The van der Waals surface area contributed by atoms with Crippen molar-refractivity contribution < 1.29 is 46.1 Å². The van der Waals surface area contributed by atoms with E-state index in [1.165, 1.54) is 30.8 Å². The van der Waals surface area contributed by atoms with Crippen molar-refractivity contribution in [1.82, 2.24) is 19.6 Å². The molecule has 2 aromatic rings. The molecule has 2 aromatic heterocycles. The van der Waals surface area contributed by atoms with Crippen molar-refractivity contribution in [3.8, 4) is 0 Å². The molecule has 0 bridgehead atoms. The quantitative estimate of drug-likeness (QED) is 0.479. The topological polar surface area (TPSA) is 98.9 Å². The molecule has 0 amide bonds. The van der Waals surface area contributed by atoms with Crippen LogP contribution >= 0.6 is 11.3 Å². The Balaban J connectivity index is 0.000000404. The molecule has 2 N–H and O–H groups in total. The number of hydrogen-bond acceptors (Lipinski definition) is 6. The Morgan fingerprint density at radius 1 is 1.05 bits per heavy atom. The molecular formula is C22H30F6N4O4S. The normalized spacial score (nSPS) is 16.1. The first kappa shape index (κ1) is 32.4. The summed E-state index contributed by atoms with van der Waals surface area (Å²) in [5, 5.41) is 23.2. The summed E-state index contributed by atoms with van der Waals surface area (Å²) >= 11 is 1.79. The predicted octanol–water partition coefficient (Wildman–Crippen LogP) is 4.58. The van der Waals surface area contributed by atoms with Crippen molar-refractivity contribution in [3.63, 3.8) is 0 Å². The number of thiophene rings is 1. The zero-order valence-electron chi connectivity index (χ0n) is 20.3. The van der Waals surface area contributed by atoms with Crippen LogP contribution in [0, 0.1) is 5.92 Å². The lowest BCUT2D eigenvalue weighted by Crippen LogP contribution is -2.31. The maximum Gasteiger partial charge on any atom is 0.490 e. The number of carboxylic acids is 2. The highest BCUT2D eigenvalue weighted by Crippen LogP contribution is 2.21. The fourth-order valence-corrected chi connectivity index (χ4v) is 4.13. The average molecular weight is 561 g/mol. The van der Waals surface area contributed by atoms with Gasteiger partial charge in [0.15, 0.2) is 0 Å². The number of aliphatic carboxylic acids is 2. The Morgan fingerprint density at radius 2 is 1.62 bits per heavy atom. The largest absolute Gasteiger partial charge is 0.490 e. The summed E-state index contributed by atoms with van der Waals surface area (Å²) < 4.78 is 65.7. The first-order chi connectivity index (χ1) is 17.2. The van der Waals surface area contributed by atoms with Crippen molar-refractivity contribution >= 4 is 23.3 Å². The van der Waals surface area contributed by atoms with Gasteiger partial charge in [0.05, 0.1) is 5.69 Å². The van der Waals surface area contributed by atoms with Gasteiger partial charge in [-0.3, -0.25) is 9.58 Å². The molecule has 8 nitrogen and oxygen atoms in total. The minimum absolute atomic E-state index is 0.676. The van der Waals surface area contributed by atoms with E-state index in [1.807, 2.05) is 6.20 Å². The molecule has 0 saturated carbocycles. The van der Waals surface area contributed by atoms with Gasteiger partial charge in [-0.1, -0.05) is 13.8 Å². The van der Waals surface area contributed by atoms with E-state index < -0.39 is 24.3 Å². The van der Waals surface area contributed by atoms with Gasteiger partial charge < -0.3 is 15.1 Å². The monoisotopic (exact) mass is 560 g/mol. The molecule has 1 aliphatic heterocycles. The van der Waals surface area contributed by atoms with Crippen LogP contribution < -0.4 is 0 Å². The number of halogens is 6. The van der Waals surface area contributed by atoms with Crippen LogP contribution in [-0.4, -0.2) is 80.3 Å². The summed E-state index contributed by atoms with van der Waals surface area (Å²) in [6.07, 6.45) is -6.97. The molecular weight excluding hydrogens is 530 g/mol. The fourth-order valence-electron chi connectivity index (χ4n) is 3.47. The maximum atomic E-state index is 10.6. The van der Waals surface area contributed by atoms with Crippen molar-refractivity contribution in [2.24, 2.45) is 5.92 Å². The van der Waals surface area contributed by atoms with E-state index in [0.29, 0.717) is 5.92 Å². The molecule has 0 saturated heterocycles. The van der Waals surface area contributed by atoms with Crippen LogP contribution in [0.25, 0.3) is 0 Å². The zero-order chi connectivity index (χ0) is 28.2. The number of hydrogen-bond donors (Lipinski definition) is 2. The smallest absolute Gasteiger partial charge is 0.475 e. The van der Waals surface area contributed by atoms with Gasteiger partial charge in [0.1, 0.15) is 0 Å². The van der Waals surface area contributed by atoms with Gasteiger partial charge in [0.2, 0.25) is 0 Å². The third-order valence-corrected chi connectivity index (χ3v) is 6.09. The van der Waals surface area contributed by atoms with Crippen molar-refractivity contribution in [2.45, 2.75) is 52.3 Å². The molecule has 0 spiro atoms. The van der Waals surface area contributed by atoms with E-state index in [1.54, 1.807) is 11.3 Å². The lowest BCUT2D eigenvalue weighted by atomic mass is 10.0. The Bertz CT molecular complexity index is 922. The molecule has 0 radical (unpaired) electrons. The summed E-state index contributed by atoms with van der Waals surface area (Å²) in [4.78, 5) is 22.9. The van der Waals surface area contributed by atoms with Crippen LogP contribution in [0.15, 0.2) is 29.1 Å². The Morgan fingerprint density at radius 3 is 2.08 bits per heavy atom. The van der Waals surface area contributed by atoms with E-state index in [4.69, 9.17) is 19.8 Å². The molecule has 1 unspecified atom stereocenters. The first-order valence-corrected chi connectivity index (χ1v) is 12.2. The molecule has 3 heterocycles. The third-order valence-electron chi connectivity index (χ3n) is 5.36. The Hall–Kier alpha value is -2.65. The zero-order valence-corrected chi connectivity index (χ0v) is 21.1. The van der Waals surface area contributed by atoms with Crippen LogP contribution in [0.5, 0.6) is 0 Å². The fraction of sp³-hybridized carbons (Fsp3) is 0.591. The van der Waals surface area contributed by atoms with Crippen LogP contribution in [-0.2, 0) is 29.2 Å². The molecule has 1 aliphatic rings. The third kappa shape index (κ3) is 12.4. The second kappa shape index (κ2) is 14.9. The SMILES string of the molecule is CCN(CC)CCC1CN(Cc2ccsc2)Cc2ccnn2C1.O=C(O)C(F)(F)F.O=C(O)C(F)(F)F. The highest BCUT2D eigenvalue weighted by molar-refractivity contribution is 7.07. The van der Waals surface area contributed by atoms with E-state index in [9.17, 15) is 26.3 Å². The number of carboxylic acid groups (broad SMARTS) is 2. The van der Waals surface area contributed by atoms with E-state index in [-0.39, 0.29) is 0 Å². The second-order valence-electron chi connectivity index (χ2n) is 8.09. The van der Waals surface area contributed by atoms with Gasteiger partial charge in [0.25, 0.3) is 0 Å². The van der Waals surface area contributed by atoms with Gasteiger partial charge in [-0.2, -0.15) is 42.8 Å². The van der Waals surface area contributed by atoms with Gasteiger partial charge >= 0.3 is 24.3 Å². The van der Waals surface area contributed by atoms with Gasteiger partial charge in [-0.15, -0.1) is 0 Å². The average Bonchev–Trinajstić information content (AvgIpc) is 3.43. The van der Waals surface area contributed by atoms with Crippen LogP contribution in [0.4, 0.5) is 26.3 Å². The van der Waals surface area contributed by atoms with Crippen LogP contribution in [0.3, 0.4) is 0 Å². The molecule has 3 rings (SSSR count). The van der Waals surface area contributed by atoms with Crippen molar-refractivity contribution in [3.05, 3.63) is 40.3 Å². The molecule has 210 valence electrons. The molecule has 0 aromatic carbocycles. The predicted molar refractivity (Wildman–Crippen MR) is 124 cm³/mol. The molecule has 37 heavy (non-hydrogen) atoms. The summed E-state index contributed by atoms with van der Waals surface area (Å²) in [5.74, 6) is -4.84. The van der Waals surface area contributed by atoms with Crippen LogP contribution in [0.1, 0.15) is 31.5 Å². The Labute approximate surface area is 214 Å².